The van der Waals surface area contributed by atoms with Crippen LogP contribution in [-0.4, -0.2) is 20.4 Å². The number of aromatic carboxylic acids is 1. The SMILES string of the molecule is Cc1nsc(Nc2ccc(C(=O)O)cc2Br)n1. The molecule has 88 valence electrons. The highest BCUT2D eigenvalue weighted by Gasteiger charge is 2.08. The lowest BCUT2D eigenvalue weighted by Crippen LogP contribution is -1.97. The maximum atomic E-state index is 10.8. The summed E-state index contributed by atoms with van der Waals surface area (Å²) in [6.45, 7) is 1.81. The molecule has 0 aliphatic carbocycles. The maximum Gasteiger partial charge on any atom is 0.335 e. The Hall–Kier alpha value is -1.47. The third kappa shape index (κ3) is 2.80. The lowest BCUT2D eigenvalue weighted by atomic mass is 10.2. The van der Waals surface area contributed by atoms with Gasteiger partial charge in [-0.1, -0.05) is 0 Å². The number of carboxylic acids is 1. The number of benzene rings is 1. The minimum Gasteiger partial charge on any atom is -0.478 e. The van der Waals surface area contributed by atoms with Gasteiger partial charge >= 0.3 is 5.97 Å². The molecule has 0 fully saturated rings. The van der Waals surface area contributed by atoms with Gasteiger partial charge in [0.05, 0.1) is 11.3 Å². The Labute approximate surface area is 110 Å². The number of halogens is 1. The monoisotopic (exact) mass is 313 g/mol. The molecule has 0 aliphatic rings. The predicted molar refractivity (Wildman–Crippen MR) is 69.0 cm³/mol. The molecule has 2 aromatic rings. The average molecular weight is 314 g/mol. The minimum atomic E-state index is -0.955. The van der Waals surface area contributed by atoms with E-state index in [1.807, 2.05) is 6.92 Å². The van der Waals surface area contributed by atoms with Gasteiger partial charge in [0.15, 0.2) is 0 Å². The summed E-state index contributed by atoms with van der Waals surface area (Å²) in [5.41, 5.74) is 0.988. The number of aryl methyl sites for hydroxylation is 1. The van der Waals surface area contributed by atoms with E-state index in [2.05, 4.69) is 30.6 Å². The van der Waals surface area contributed by atoms with Gasteiger partial charge in [0.2, 0.25) is 5.13 Å². The summed E-state index contributed by atoms with van der Waals surface area (Å²) in [6, 6.07) is 4.76. The van der Waals surface area contributed by atoms with E-state index in [4.69, 9.17) is 5.11 Å². The molecule has 0 aliphatic heterocycles. The summed E-state index contributed by atoms with van der Waals surface area (Å²) in [7, 11) is 0. The zero-order chi connectivity index (χ0) is 12.4. The summed E-state index contributed by atoms with van der Waals surface area (Å²) < 4.78 is 4.72. The second-order valence-electron chi connectivity index (χ2n) is 3.27. The molecule has 0 atom stereocenters. The summed E-state index contributed by atoms with van der Waals surface area (Å²) in [5, 5.41) is 12.6. The fraction of sp³-hybridized carbons (Fsp3) is 0.100. The first kappa shape index (κ1) is 12.0. The van der Waals surface area contributed by atoms with Gasteiger partial charge in [-0.05, 0) is 41.1 Å². The van der Waals surface area contributed by atoms with Crippen LogP contribution in [0.4, 0.5) is 10.8 Å². The second-order valence-corrected chi connectivity index (χ2v) is 4.88. The van der Waals surface area contributed by atoms with E-state index < -0.39 is 5.97 Å². The molecule has 0 unspecified atom stereocenters. The lowest BCUT2D eigenvalue weighted by molar-refractivity contribution is 0.0697. The fourth-order valence-electron chi connectivity index (χ4n) is 1.21. The fourth-order valence-corrected chi connectivity index (χ4v) is 2.28. The first-order chi connectivity index (χ1) is 8.06. The summed E-state index contributed by atoms with van der Waals surface area (Å²) in [4.78, 5) is 14.9. The number of hydrogen-bond acceptors (Lipinski definition) is 5. The van der Waals surface area contributed by atoms with Crippen LogP contribution in [0.3, 0.4) is 0 Å². The molecule has 1 aromatic carbocycles. The third-order valence-corrected chi connectivity index (χ3v) is 3.36. The largest absolute Gasteiger partial charge is 0.478 e. The van der Waals surface area contributed by atoms with Crippen molar-refractivity contribution in [1.82, 2.24) is 9.36 Å². The van der Waals surface area contributed by atoms with Crippen molar-refractivity contribution < 1.29 is 9.90 Å². The van der Waals surface area contributed by atoms with E-state index in [1.54, 1.807) is 12.1 Å². The van der Waals surface area contributed by atoms with Crippen molar-refractivity contribution in [1.29, 1.82) is 0 Å². The molecular weight excluding hydrogens is 306 g/mol. The molecule has 2 rings (SSSR count). The van der Waals surface area contributed by atoms with Gasteiger partial charge in [-0.3, -0.25) is 0 Å². The van der Waals surface area contributed by atoms with Crippen LogP contribution in [0.25, 0.3) is 0 Å². The van der Waals surface area contributed by atoms with Crippen molar-refractivity contribution in [3.8, 4) is 0 Å². The highest BCUT2D eigenvalue weighted by atomic mass is 79.9. The number of hydrogen-bond donors (Lipinski definition) is 2. The zero-order valence-corrected chi connectivity index (χ0v) is 11.2. The Kier molecular flexibility index (Phi) is 3.39. The Morgan fingerprint density at radius 1 is 1.53 bits per heavy atom. The molecule has 17 heavy (non-hydrogen) atoms. The van der Waals surface area contributed by atoms with Crippen LogP contribution in [0.1, 0.15) is 16.2 Å². The van der Waals surface area contributed by atoms with Crippen molar-refractivity contribution in [2.45, 2.75) is 6.92 Å². The Balaban J connectivity index is 2.25. The number of nitrogens with zero attached hydrogens (tertiary/aromatic N) is 2. The van der Waals surface area contributed by atoms with Crippen molar-refractivity contribution in [2.24, 2.45) is 0 Å². The topological polar surface area (TPSA) is 75.1 Å². The minimum absolute atomic E-state index is 0.232. The maximum absolute atomic E-state index is 10.8. The number of carbonyl (C=O) groups is 1. The second kappa shape index (κ2) is 4.80. The highest BCUT2D eigenvalue weighted by molar-refractivity contribution is 9.10. The molecule has 1 aromatic heterocycles. The van der Waals surface area contributed by atoms with Gasteiger partial charge < -0.3 is 10.4 Å². The van der Waals surface area contributed by atoms with E-state index >= 15 is 0 Å². The van der Waals surface area contributed by atoms with Crippen LogP contribution in [0.15, 0.2) is 22.7 Å². The van der Waals surface area contributed by atoms with Crippen LogP contribution in [0.2, 0.25) is 0 Å². The van der Waals surface area contributed by atoms with E-state index in [1.165, 1.54) is 17.6 Å². The Morgan fingerprint density at radius 2 is 2.29 bits per heavy atom. The molecule has 0 spiro atoms. The lowest BCUT2D eigenvalue weighted by Gasteiger charge is -2.05. The Morgan fingerprint density at radius 3 is 2.82 bits per heavy atom. The molecule has 0 saturated heterocycles. The molecule has 2 N–H and O–H groups in total. The van der Waals surface area contributed by atoms with E-state index in [0.717, 1.165) is 5.69 Å². The molecule has 1 heterocycles. The number of anilines is 2. The summed E-state index contributed by atoms with van der Waals surface area (Å²) in [6.07, 6.45) is 0. The summed E-state index contributed by atoms with van der Waals surface area (Å²) >= 11 is 4.56. The van der Waals surface area contributed by atoms with Crippen LogP contribution in [-0.2, 0) is 0 Å². The van der Waals surface area contributed by atoms with Gasteiger partial charge in [-0.15, -0.1) is 0 Å². The molecule has 0 saturated carbocycles. The highest BCUT2D eigenvalue weighted by Crippen LogP contribution is 2.27. The molecule has 5 nitrogen and oxygen atoms in total. The van der Waals surface area contributed by atoms with Gasteiger partial charge in [0.25, 0.3) is 0 Å². The normalized spacial score (nSPS) is 10.2. The first-order valence-corrected chi connectivity index (χ1v) is 6.23. The molecule has 0 radical (unpaired) electrons. The van der Waals surface area contributed by atoms with Crippen molar-refractivity contribution in [2.75, 3.05) is 5.32 Å². The Bertz CT molecular complexity index is 570. The smallest absolute Gasteiger partial charge is 0.335 e. The van der Waals surface area contributed by atoms with Crippen molar-refractivity contribution in [3.63, 3.8) is 0 Å². The van der Waals surface area contributed by atoms with Crippen molar-refractivity contribution in [3.05, 3.63) is 34.1 Å². The van der Waals surface area contributed by atoms with Gasteiger partial charge in [0, 0.05) is 16.0 Å². The van der Waals surface area contributed by atoms with Crippen molar-refractivity contribution >= 4 is 44.3 Å². The molecular formula is C10H8BrN3O2S. The molecule has 0 bridgehead atoms. The standard InChI is InChI=1S/C10H8BrN3O2S/c1-5-12-10(17-14-5)13-8-3-2-6(9(15)16)4-7(8)11/h2-4H,1H3,(H,15,16)(H,12,13,14). The summed E-state index contributed by atoms with van der Waals surface area (Å²) in [5.74, 6) is -0.250. The third-order valence-electron chi connectivity index (χ3n) is 1.99. The first-order valence-electron chi connectivity index (χ1n) is 4.66. The molecule has 0 amide bonds. The number of carboxylic acid groups (broad SMARTS) is 1. The van der Waals surface area contributed by atoms with Gasteiger partial charge in [-0.2, -0.15) is 4.37 Å². The quantitative estimate of drug-likeness (QED) is 0.911. The van der Waals surface area contributed by atoms with E-state index in [9.17, 15) is 4.79 Å². The van der Waals surface area contributed by atoms with E-state index in [0.29, 0.717) is 15.4 Å². The van der Waals surface area contributed by atoms with Crippen LogP contribution < -0.4 is 5.32 Å². The predicted octanol–water partition coefficient (Wildman–Crippen LogP) is 3.05. The van der Waals surface area contributed by atoms with Gasteiger partial charge in [0.1, 0.15) is 5.82 Å². The van der Waals surface area contributed by atoms with E-state index in [-0.39, 0.29) is 5.56 Å². The number of aromatic nitrogens is 2. The zero-order valence-electron chi connectivity index (χ0n) is 8.77. The van der Waals surface area contributed by atoms with Crippen LogP contribution >= 0.6 is 27.5 Å². The molecule has 7 heteroatoms. The number of nitrogens with one attached hydrogen (secondary N) is 1. The van der Waals surface area contributed by atoms with Gasteiger partial charge in [-0.25, -0.2) is 9.78 Å². The number of rotatable bonds is 3. The van der Waals surface area contributed by atoms with Crippen LogP contribution in [0, 0.1) is 6.92 Å². The average Bonchev–Trinajstić information content (AvgIpc) is 2.67. The van der Waals surface area contributed by atoms with Crippen LogP contribution in [0.5, 0.6) is 0 Å².